The molecule has 0 unspecified atom stereocenters. The third-order valence-electron chi connectivity index (χ3n) is 6.05. The SMILES string of the molecule is CCCCCCCCC(C)(C)c1ccc([C@@H]2CCC[C@@H](O)C2)c(O)c1. The number of rotatable bonds is 9. The van der Waals surface area contributed by atoms with Crippen LogP contribution in [0.4, 0.5) is 0 Å². The average Bonchev–Trinajstić information content (AvgIpc) is 2.58. The van der Waals surface area contributed by atoms with Gasteiger partial charge >= 0.3 is 0 Å². The van der Waals surface area contributed by atoms with E-state index in [0.29, 0.717) is 11.7 Å². The molecular formula is C23H38O2. The van der Waals surface area contributed by atoms with Gasteiger partial charge in [0.25, 0.3) is 0 Å². The van der Waals surface area contributed by atoms with Gasteiger partial charge in [-0.15, -0.1) is 0 Å². The van der Waals surface area contributed by atoms with Gasteiger partial charge in [0.05, 0.1) is 6.10 Å². The van der Waals surface area contributed by atoms with E-state index in [1.807, 2.05) is 6.07 Å². The molecule has 142 valence electrons. The summed E-state index contributed by atoms with van der Waals surface area (Å²) in [6, 6.07) is 6.29. The first-order valence-electron chi connectivity index (χ1n) is 10.5. The van der Waals surface area contributed by atoms with Gasteiger partial charge in [-0.25, -0.2) is 0 Å². The fraction of sp³-hybridized carbons (Fsp3) is 0.739. The lowest BCUT2D eigenvalue weighted by Crippen LogP contribution is -2.19. The number of benzene rings is 1. The molecule has 1 aliphatic rings. The van der Waals surface area contributed by atoms with E-state index in [1.54, 1.807) is 0 Å². The predicted octanol–water partition coefficient (Wildman–Crippen LogP) is 6.44. The van der Waals surface area contributed by atoms with Gasteiger partial charge in [-0.1, -0.05) is 77.8 Å². The first kappa shape index (κ1) is 20.3. The summed E-state index contributed by atoms with van der Waals surface area (Å²) >= 11 is 0. The normalized spacial score (nSPS) is 21.4. The molecule has 2 nitrogen and oxygen atoms in total. The Morgan fingerprint density at radius 1 is 1.04 bits per heavy atom. The summed E-state index contributed by atoms with van der Waals surface area (Å²) in [7, 11) is 0. The standard InChI is InChI=1S/C23H38O2/c1-4-5-6-7-8-9-15-23(2,3)19-13-14-21(22(25)17-19)18-11-10-12-20(24)16-18/h13-14,17-18,20,24-25H,4-12,15-16H2,1-3H3/t18-,20-/m1/s1. The highest BCUT2D eigenvalue weighted by Crippen LogP contribution is 2.40. The van der Waals surface area contributed by atoms with E-state index < -0.39 is 0 Å². The number of aliphatic hydroxyl groups excluding tert-OH is 1. The smallest absolute Gasteiger partial charge is 0.119 e. The van der Waals surface area contributed by atoms with E-state index in [0.717, 1.165) is 31.2 Å². The van der Waals surface area contributed by atoms with Gasteiger partial charge in [0.1, 0.15) is 5.75 Å². The Labute approximate surface area is 154 Å². The Balaban J connectivity index is 1.93. The van der Waals surface area contributed by atoms with Crippen LogP contribution in [0.1, 0.15) is 108 Å². The largest absolute Gasteiger partial charge is 0.508 e. The summed E-state index contributed by atoms with van der Waals surface area (Å²) in [4.78, 5) is 0. The average molecular weight is 347 g/mol. The molecule has 2 atom stereocenters. The van der Waals surface area contributed by atoms with Crippen molar-refractivity contribution < 1.29 is 10.2 Å². The molecule has 0 aromatic heterocycles. The number of aliphatic hydroxyl groups is 1. The summed E-state index contributed by atoms with van der Waals surface area (Å²) < 4.78 is 0. The van der Waals surface area contributed by atoms with Crippen molar-refractivity contribution in [1.29, 1.82) is 0 Å². The zero-order valence-electron chi connectivity index (χ0n) is 16.6. The van der Waals surface area contributed by atoms with Gasteiger partial charge in [-0.3, -0.25) is 0 Å². The maximum atomic E-state index is 10.6. The van der Waals surface area contributed by atoms with Crippen LogP contribution in [0.25, 0.3) is 0 Å². The highest BCUT2D eigenvalue weighted by Gasteiger charge is 2.26. The molecule has 0 heterocycles. The second-order valence-electron chi connectivity index (χ2n) is 8.69. The zero-order chi connectivity index (χ0) is 18.3. The van der Waals surface area contributed by atoms with Crippen LogP contribution in [-0.2, 0) is 5.41 Å². The molecule has 1 saturated carbocycles. The minimum Gasteiger partial charge on any atom is -0.508 e. The summed E-state index contributed by atoms with van der Waals surface area (Å²) in [6.45, 7) is 6.84. The van der Waals surface area contributed by atoms with Crippen molar-refractivity contribution >= 4 is 0 Å². The third kappa shape index (κ3) is 6.02. The first-order valence-corrected chi connectivity index (χ1v) is 10.5. The second kappa shape index (κ2) is 9.62. The van der Waals surface area contributed by atoms with Crippen molar-refractivity contribution in [2.24, 2.45) is 0 Å². The fourth-order valence-corrected chi connectivity index (χ4v) is 4.25. The molecule has 1 aliphatic carbocycles. The van der Waals surface area contributed by atoms with Gasteiger partial charge in [0, 0.05) is 0 Å². The Hall–Kier alpha value is -1.02. The van der Waals surface area contributed by atoms with Crippen LogP contribution in [-0.4, -0.2) is 16.3 Å². The molecule has 0 aliphatic heterocycles. The van der Waals surface area contributed by atoms with Crippen LogP contribution in [0.3, 0.4) is 0 Å². The van der Waals surface area contributed by atoms with Gasteiger partial charge < -0.3 is 10.2 Å². The highest BCUT2D eigenvalue weighted by molar-refractivity contribution is 5.41. The first-order chi connectivity index (χ1) is 11.9. The molecule has 0 saturated heterocycles. The monoisotopic (exact) mass is 346 g/mol. The van der Waals surface area contributed by atoms with Crippen molar-refractivity contribution in [2.75, 3.05) is 0 Å². The van der Waals surface area contributed by atoms with Crippen LogP contribution >= 0.6 is 0 Å². The van der Waals surface area contributed by atoms with E-state index in [9.17, 15) is 10.2 Å². The molecule has 0 spiro atoms. The van der Waals surface area contributed by atoms with Gasteiger partial charge in [0.15, 0.2) is 0 Å². The minimum atomic E-state index is -0.207. The maximum absolute atomic E-state index is 10.6. The predicted molar refractivity (Wildman–Crippen MR) is 106 cm³/mol. The highest BCUT2D eigenvalue weighted by atomic mass is 16.3. The zero-order valence-corrected chi connectivity index (χ0v) is 16.6. The van der Waals surface area contributed by atoms with E-state index in [2.05, 4.69) is 32.9 Å². The van der Waals surface area contributed by atoms with Crippen molar-refractivity contribution in [3.63, 3.8) is 0 Å². The number of aromatic hydroxyl groups is 1. The number of unbranched alkanes of at least 4 members (excludes halogenated alkanes) is 5. The number of phenolic OH excluding ortho intramolecular Hbond substituents is 1. The Morgan fingerprint density at radius 2 is 1.76 bits per heavy atom. The van der Waals surface area contributed by atoms with Crippen LogP contribution in [0.5, 0.6) is 5.75 Å². The molecule has 2 rings (SSSR count). The second-order valence-corrected chi connectivity index (χ2v) is 8.69. The van der Waals surface area contributed by atoms with Crippen molar-refractivity contribution in [3.05, 3.63) is 29.3 Å². The topological polar surface area (TPSA) is 40.5 Å². The lowest BCUT2D eigenvalue weighted by Gasteiger charge is -2.29. The van der Waals surface area contributed by atoms with E-state index in [4.69, 9.17) is 0 Å². The summed E-state index contributed by atoms with van der Waals surface area (Å²) in [5.74, 6) is 0.729. The lowest BCUT2D eigenvalue weighted by molar-refractivity contribution is 0.119. The summed E-state index contributed by atoms with van der Waals surface area (Å²) in [5, 5.41) is 20.5. The van der Waals surface area contributed by atoms with E-state index in [-0.39, 0.29) is 11.5 Å². The Bertz CT molecular complexity index is 521. The molecule has 0 bridgehead atoms. The van der Waals surface area contributed by atoms with Crippen LogP contribution in [0.15, 0.2) is 18.2 Å². The Kier molecular flexibility index (Phi) is 7.81. The third-order valence-corrected chi connectivity index (χ3v) is 6.05. The number of phenols is 1. The fourth-order valence-electron chi connectivity index (χ4n) is 4.25. The molecule has 0 amide bonds. The minimum absolute atomic E-state index is 0.104. The quantitative estimate of drug-likeness (QED) is 0.505. The van der Waals surface area contributed by atoms with Crippen LogP contribution in [0, 0.1) is 0 Å². The summed E-state index contributed by atoms with van der Waals surface area (Å²) in [6.07, 6.45) is 12.7. The number of hydrogen-bond acceptors (Lipinski definition) is 2. The van der Waals surface area contributed by atoms with E-state index >= 15 is 0 Å². The van der Waals surface area contributed by atoms with E-state index in [1.165, 1.54) is 50.5 Å². The number of hydrogen-bond donors (Lipinski definition) is 2. The summed E-state index contributed by atoms with van der Waals surface area (Å²) in [5.41, 5.74) is 2.36. The molecule has 25 heavy (non-hydrogen) atoms. The van der Waals surface area contributed by atoms with Crippen molar-refractivity contribution in [3.8, 4) is 5.75 Å². The Morgan fingerprint density at radius 3 is 2.44 bits per heavy atom. The van der Waals surface area contributed by atoms with Gasteiger partial charge in [0.2, 0.25) is 0 Å². The molecule has 2 heteroatoms. The van der Waals surface area contributed by atoms with Gasteiger partial charge in [-0.05, 0) is 54.2 Å². The van der Waals surface area contributed by atoms with Crippen LogP contribution in [0.2, 0.25) is 0 Å². The molecule has 1 aromatic carbocycles. The van der Waals surface area contributed by atoms with Crippen molar-refractivity contribution in [2.45, 2.75) is 109 Å². The molecule has 2 N–H and O–H groups in total. The maximum Gasteiger partial charge on any atom is 0.119 e. The lowest BCUT2D eigenvalue weighted by atomic mass is 9.77. The molecule has 1 fully saturated rings. The molecule has 0 radical (unpaired) electrons. The molecular weight excluding hydrogens is 308 g/mol. The van der Waals surface area contributed by atoms with Crippen LogP contribution < -0.4 is 0 Å². The molecule has 1 aromatic rings. The van der Waals surface area contributed by atoms with Gasteiger partial charge in [-0.2, -0.15) is 0 Å². The van der Waals surface area contributed by atoms with Crippen molar-refractivity contribution in [1.82, 2.24) is 0 Å².